The van der Waals surface area contributed by atoms with Gasteiger partial charge in [-0.05, 0) is 6.07 Å². The molecule has 1 aromatic rings. The van der Waals surface area contributed by atoms with Crippen LogP contribution in [0.5, 0.6) is 0 Å². The van der Waals surface area contributed by atoms with Crippen LogP contribution in [0.3, 0.4) is 0 Å². The first-order chi connectivity index (χ1) is 6.97. The Bertz CT molecular complexity index is 396. The third kappa shape index (κ3) is 2.17. The summed E-state index contributed by atoms with van der Waals surface area (Å²) in [5.74, 6) is -2.96. The molecular formula is C8H7F3N2O2. The normalized spacial score (nSPS) is 10.5. The summed E-state index contributed by atoms with van der Waals surface area (Å²) in [5.41, 5.74) is 3.69. The van der Waals surface area contributed by atoms with E-state index in [1.54, 1.807) is 0 Å². The highest BCUT2D eigenvalue weighted by molar-refractivity contribution is 5.89. The minimum Gasteiger partial charge on any atom is -0.465 e. The van der Waals surface area contributed by atoms with E-state index in [9.17, 15) is 18.0 Å². The molecule has 0 amide bonds. The van der Waals surface area contributed by atoms with Crippen molar-refractivity contribution in [3.8, 4) is 0 Å². The highest BCUT2D eigenvalue weighted by Crippen LogP contribution is 2.25. The van der Waals surface area contributed by atoms with Crippen LogP contribution >= 0.6 is 0 Å². The number of rotatable bonds is 2. The highest BCUT2D eigenvalue weighted by atomic mass is 19.3. The van der Waals surface area contributed by atoms with E-state index >= 15 is 0 Å². The smallest absolute Gasteiger partial charge is 0.342 e. The summed E-state index contributed by atoms with van der Waals surface area (Å²) in [7, 11) is 1.00. The average Bonchev–Trinajstić information content (AvgIpc) is 2.16. The largest absolute Gasteiger partial charge is 0.465 e. The standard InChI is InChI=1S/C8H7F3N2O2/c1-15-8(14)4-2-3(5(9)10)7(12)13-6(4)11/h2,5H,1H3,(H2,12,13). The zero-order valence-corrected chi connectivity index (χ0v) is 7.63. The zero-order chi connectivity index (χ0) is 11.6. The van der Waals surface area contributed by atoms with Crippen molar-refractivity contribution < 1.29 is 22.7 Å². The van der Waals surface area contributed by atoms with Crippen molar-refractivity contribution in [2.75, 3.05) is 12.8 Å². The molecule has 1 aromatic heterocycles. The predicted octanol–water partition coefficient (Wildman–Crippen LogP) is 1.53. The number of carbonyl (C=O) groups is 1. The number of esters is 1. The molecule has 0 spiro atoms. The monoisotopic (exact) mass is 220 g/mol. The summed E-state index contributed by atoms with van der Waals surface area (Å²) in [6.07, 6.45) is -2.93. The molecule has 0 aromatic carbocycles. The number of alkyl halides is 2. The second kappa shape index (κ2) is 4.16. The summed E-state index contributed by atoms with van der Waals surface area (Å²) in [4.78, 5) is 13.9. The fourth-order valence-corrected chi connectivity index (χ4v) is 0.947. The Morgan fingerprint density at radius 2 is 2.20 bits per heavy atom. The molecule has 0 aliphatic carbocycles. The second-order valence-electron chi connectivity index (χ2n) is 2.59. The van der Waals surface area contributed by atoms with Crippen LogP contribution < -0.4 is 5.73 Å². The molecule has 7 heteroatoms. The summed E-state index contributed by atoms with van der Waals surface area (Å²) in [5, 5.41) is 0. The molecule has 0 aliphatic rings. The van der Waals surface area contributed by atoms with Gasteiger partial charge in [0, 0.05) is 0 Å². The maximum absolute atomic E-state index is 13.0. The number of pyridine rings is 1. The molecule has 0 unspecified atom stereocenters. The van der Waals surface area contributed by atoms with E-state index in [1.807, 2.05) is 0 Å². The van der Waals surface area contributed by atoms with Gasteiger partial charge in [0.2, 0.25) is 5.95 Å². The van der Waals surface area contributed by atoms with Crippen molar-refractivity contribution in [3.05, 3.63) is 23.1 Å². The zero-order valence-electron chi connectivity index (χ0n) is 7.63. The van der Waals surface area contributed by atoms with Gasteiger partial charge >= 0.3 is 5.97 Å². The number of halogens is 3. The molecule has 0 atom stereocenters. The number of hydrogen-bond acceptors (Lipinski definition) is 4. The van der Waals surface area contributed by atoms with Crippen LogP contribution in [0.4, 0.5) is 19.0 Å². The Hall–Kier alpha value is -1.79. The van der Waals surface area contributed by atoms with Crippen LogP contribution in [0.15, 0.2) is 6.07 Å². The maximum Gasteiger partial charge on any atom is 0.342 e. The van der Waals surface area contributed by atoms with Crippen molar-refractivity contribution in [3.63, 3.8) is 0 Å². The molecule has 1 heterocycles. The van der Waals surface area contributed by atoms with Gasteiger partial charge in [0.05, 0.1) is 12.7 Å². The number of hydrogen-bond donors (Lipinski definition) is 1. The molecule has 15 heavy (non-hydrogen) atoms. The lowest BCUT2D eigenvalue weighted by Gasteiger charge is -2.06. The van der Waals surface area contributed by atoms with E-state index < -0.39 is 35.3 Å². The minimum atomic E-state index is -2.93. The van der Waals surface area contributed by atoms with Crippen LogP contribution in [0.1, 0.15) is 22.3 Å². The maximum atomic E-state index is 13.0. The number of nitrogens with zero attached hydrogens (tertiary/aromatic N) is 1. The van der Waals surface area contributed by atoms with Crippen LogP contribution in [0, 0.1) is 5.95 Å². The number of ether oxygens (including phenoxy) is 1. The molecule has 82 valence electrons. The van der Waals surface area contributed by atoms with Crippen molar-refractivity contribution in [2.24, 2.45) is 0 Å². The van der Waals surface area contributed by atoms with Crippen LogP contribution in [0.25, 0.3) is 0 Å². The summed E-state index contributed by atoms with van der Waals surface area (Å²) >= 11 is 0. The van der Waals surface area contributed by atoms with E-state index in [4.69, 9.17) is 5.73 Å². The highest BCUT2D eigenvalue weighted by Gasteiger charge is 2.21. The molecule has 0 saturated carbocycles. The van der Waals surface area contributed by atoms with Crippen LogP contribution in [0.2, 0.25) is 0 Å². The topological polar surface area (TPSA) is 65.2 Å². The summed E-state index contributed by atoms with van der Waals surface area (Å²) < 4.78 is 41.8. The number of methoxy groups -OCH3 is 1. The first kappa shape index (κ1) is 11.3. The molecule has 0 aliphatic heterocycles. The fourth-order valence-electron chi connectivity index (χ4n) is 0.947. The average molecular weight is 220 g/mol. The molecular weight excluding hydrogens is 213 g/mol. The lowest BCUT2D eigenvalue weighted by molar-refractivity contribution is 0.0594. The number of aromatic nitrogens is 1. The van der Waals surface area contributed by atoms with E-state index in [0.717, 1.165) is 7.11 Å². The first-order valence-corrected chi connectivity index (χ1v) is 3.79. The molecule has 4 nitrogen and oxygen atoms in total. The van der Waals surface area contributed by atoms with E-state index in [2.05, 4.69) is 9.72 Å². The Balaban J connectivity index is 3.29. The van der Waals surface area contributed by atoms with Gasteiger partial charge in [-0.25, -0.2) is 18.6 Å². The van der Waals surface area contributed by atoms with Crippen molar-refractivity contribution in [1.29, 1.82) is 0 Å². The molecule has 0 bridgehead atoms. The van der Waals surface area contributed by atoms with E-state index in [-0.39, 0.29) is 0 Å². The number of nitrogens with two attached hydrogens (primary N) is 1. The minimum absolute atomic E-state index is 0.633. The van der Waals surface area contributed by atoms with Crippen molar-refractivity contribution >= 4 is 11.8 Å². The molecule has 0 fully saturated rings. The second-order valence-corrected chi connectivity index (χ2v) is 2.59. The third-order valence-electron chi connectivity index (χ3n) is 1.68. The Morgan fingerprint density at radius 3 is 2.67 bits per heavy atom. The Kier molecular flexibility index (Phi) is 3.13. The van der Waals surface area contributed by atoms with Crippen LogP contribution in [-0.2, 0) is 4.74 Å². The van der Waals surface area contributed by atoms with Crippen molar-refractivity contribution in [2.45, 2.75) is 6.43 Å². The van der Waals surface area contributed by atoms with E-state index in [1.165, 1.54) is 0 Å². The van der Waals surface area contributed by atoms with Gasteiger partial charge < -0.3 is 10.5 Å². The Morgan fingerprint density at radius 1 is 1.60 bits per heavy atom. The van der Waals surface area contributed by atoms with Gasteiger partial charge in [-0.15, -0.1) is 0 Å². The molecule has 0 radical (unpaired) electrons. The quantitative estimate of drug-likeness (QED) is 0.606. The summed E-state index contributed by atoms with van der Waals surface area (Å²) in [6, 6.07) is 0.633. The molecule has 1 rings (SSSR count). The van der Waals surface area contributed by atoms with Gasteiger partial charge in [0.15, 0.2) is 0 Å². The van der Waals surface area contributed by atoms with E-state index in [0.29, 0.717) is 6.07 Å². The molecule has 0 saturated heterocycles. The van der Waals surface area contributed by atoms with Gasteiger partial charge in [-0.3, -0.25) is 0 Å². The van der Waals surface area contributed by atoms with Crippen molar-refractivity contribution in [1.82, 2.24) is 4.98 Å². The lowest BCUT2D eigenvalue weighted by Crippen LogP contribution is -2.10. The number of nitrogen functional groups attached to an aromatic ring is 1. The first-order valence-electron chi connectivity index (χ1n) is 3.79. The van der Waals surface area contributed by atoms with Gasteiger partial charge in [-0.2, -0.15) is 4.39 Å². The van der Waals surface area contributed by atoms with Crippen LogP contribution in [-0.4, -0.2) is 18.1 Å². The number of carbonyl (C=O) groups excluding carboxylic acids is 1. The molecule has 2 N–H and O–H groups in total. The summed E-state index contributed by atoms with van der Waals surface area (Å²) in [6.45, 7) is 0. The predicted molar refractivity (Wildman–Crippen MR) is 44.9 cm³/mol. The number of anilines is 1. The fraction of sp³-hybridized carbons (Fsp3) is 0.250. The third-order valence-corrected chi connectivity index (χ3v) is 1.68. The lowest BCUT2D eigenvalue weighted by atomic mass is 10.2. The van der Waals surface area contributed by atoms with Gasteiger partial charge in [0.25, 0.3) is 6.43 Å². The SMILES string of the molecule is COC(=O)c1cc(C(F)F)c(N)nc1F. The van der Waals surface area contributed by atoms with Gasteiger partial charge in [-0.1, -0.05) is 0 Å². The van der Waals surface area contributed by atoms with Gasteiger partial charge in [0.1, 0.15) is 11.4 Å². The Labute approximate surface area is 82.9 Å².